The van der Waals surface area contributed by atoms with Gasteiger partial charge in [0, 0.05) is 16.5 Å². The molecule has 1 aliphatic heterocycles. The summed E-state index contributed by atoms with van der Waals surface area (Å²) in [6.07, 6.45) is -5.62. The van der Waals surface area contributed by atoms with Crippen molar-refractivity contribution in [2.75, 3.05) is 5.01 Å². The Labute approximate surface area is 179 Å². The SMILES string of the molecule is O[C@@]1(C(F)(F)F)CC(c2cccc3ccccc23)=NN1c1nc(-c2ccccc2)cs1. The van der Waals surface area contributed by atoms with E-state index in [9.17, 15) is 18.3 Å². The maximum Gasteiger partial charge on any atom is 0.438 e. The summed E-state index contributed by atoms with van der Waals surface area (Å²) in [7, 11) is 0. The Bertz CT molecular complexity index is 1280. The maximum absolute atomic E-state index is 14.0. The van der Waals surface area contributed by atoms with Crippen molar-refractivity contribution in [1.82, 2.24) is 4.98 Å². The zero-order valence-corrected chi connectivity index (χ0v) is 16.9. The van der Waals surface area contributed by atoms with Gasteiger partial charge in [-0.1, -0.05) is 72.8 Å². The van der Waals surface area contributed by atoms with E-state index in [1.807, 2.05) is 60.7 Å². The Morgan fingerprint density at radius 1 is 0.935 bits per heavy atom. The minimum atomic E-state index is -4.93. The number of hydrazone groups is 1. The Kier molecular flexibility index (Phi) is 4.56. The van der Waals surface area contributed by atoms with E-state index in [-0.39, 0.29) is 10.8 Å². The van der Waals surface area contributed by atoms with E-state index >= 15 is 0 Å². The standard InChI is InChI=1S/C23H16F3N3OS/c24-23(25,26)22(30)13-19(18-12-6-10-15-7-4-5-11-17(15)18)28-29(22)21-27-20(14-31-21)16-8-2-1-3-9-16/h1-12,14,30H,13H2/t22-/m1/s1. The third kappa shape index (κ3) is 3.28. The molecule has 0 spiro atoms. The van der Waals surface area contributed by atoms with Gasteiger partial charge < -0.3 is 5.11 Å². The highest BCUT2D eigenvalue weighted by atomic mass is 32.1. The van der Waals surface area contributed by atoms with Crippen molar-refractivity contribution < 1.29 is 18.3 Å². The number of aromatic nitrogens is 1. The van der Waals surface area contributed by atoms with Crippen LogP contribution in [0.5, 0.6) is 0 Å². The zero-order chi connectivity index (χ0) is 21.6. The lowest BCUT2D eigenvalue weighted by Crippen LogP contribution is -2.55. The molecule has 0 saturated carbocycles. The number of anilines is 1. The number of fused-ring (bicyclic) bond motifs is 1. The van der Waals surface area contributed by atoms with E-state index in [0.717, 1.165) is 27.7 Å². The van der Waals surface area contributed by atoms with Crippen molar-refractivity contribution in [2.24, 2.45) is 5.10 Å². The van der Waals surface area contributed by atoms with E-state index in [0.29, 0.717) is 16.3 Å². The first kappa shape index (κ1) is 19.7. The van der Waals surface area contributed by atoms with Crippen molar-refractivity contribution in [1.29, 1.82) is 0 Å². The molecule has 0 amide bonds. The molecular formula is C23H16F3N3OS. The molecule has 2 heterocycles. The van der Waals surface area contributed by atoms with Crippen LogP contribution in [0.1, 0.15) is 12.0 Å². The number of hydrogen-bond acceptors (Lipinski definition) is 5. The fourth-order valence-electron chi connectivity index (χ4n) is 3.70. The Balaban J connectivity index is 1.62. The van der Waals surface area contributed by atoms with Crippen molar-refractivity contribution in [3.8, 4) is 11.3 Å². The number of rotatable bonds is 3. The molecule has 31 heavy (non-hydrogen) atoms. The van der Waals surface area contributed by atoms with E-state index in [1.165, 1.54) is 0 Å². The second-order valence-electron chi connectivity index (χ2n) is 7.26. The summed E-state index contributed by atoms with van der Waals surface area (Å²) in [5.41, 5.74) is -1.15. The Morgan fingerprint density at radius 3 is 2.42 bits per heavy atom. The van der Waals surface area contributed by atoms with Gasteiger partial charge in [-0.25, -0.2) is 4.98 Å². The molecule has 4 nitrogen and oxygen atoms in total. The van der Waals surface area contributed by atoms with Crippen LogP contribution in [0.3, 0.4) is 0 Å². The summed E-state index contributed by atoms with van der Waals surface area (Å²) in [6.45, 7) is 0. The van der Waals surface area contributed by atoms with Gasteiger partial charge in [-0.05, 0) is 10.8 Å². The Morgan fingerprint density at radius 2 is 1.65 bits per heavy atom. The molecule has 1 aliphatic rings. The number of hydrogen-bond donors (Lipinski definition) is 1. The summed E-state index contributed by atoms with van der Waals surface area (Å²) < 4.78 is 42.1. The summed E-state index contributed by atoms with van der Waals surface area (Å²) in [6, 6.07) is 21.9. The van der Waals surface area contributed by atoms with Gasteiger partial charge in [0.15, 0.2) is 0 Å². The molecule has 0 fully saturated rings. The minimum Gasteiger partial charge on any atom is -0.362 e. The molecular weight excluding hydrogens is 423 g/mol. The first-order valence-corrected chi connectivity index (χ1v) is 10.4. The van der Waals surface area contributed by atoms with Crippen molar-refractivity contribution in [2.45, 2.75) is 18.3 Å². The van der Waals surface area contributed by atoms with Crippen LogP contribution in [0.15, 0.2) is 83.3 Å². The molecule has 5 rings (SSSR count). The van der Waals surface area contributed by atoms with Crippen molar-refractivity contribution >= 4 is 33.0 Å². The number of nitrogens with zero attached hydrogens (tertiary/aromatic N) is 3. The monoisotopic (exact) mass is 439 g/mol. The van der Waals surface area contributed by atoms with Crippen LogP contribution in [0.25, 0.3) is 22.0 Å². The minimum absolute atomic E-state index is 0.0195. The molecule has 0 unspecified atom stereocenters. The average Bonchev–Trinajstić information content (AvgIpc) is 3.39. The molecule has 8 heteroatoms. The van der Waals surface area contributed by atoms with E-state index in [1.54, 1.807) is 17.5 Å². The van der Waals surface area contributed by atoms with Crippen LogP contribution in [0.2, 0.25) is 0 Å². The highest BCUT2D eigenvalue weighted by Crippen LogP contribution is 2.45. The fraction of sp³-hybridized carbons (Fsp3) is 0.130. The number of benzene rings is 3. The van der Waals surface area contributed by atoms with Crippen LogP contribution in [0.4, 0.5) is 18.3 Å². The van der Waals surface area contributed by atoms with Gasteiger partial charge in [0.05, 0.1) is 17.8 Å². The Hall–Kier alpha value is -3.23. The van der Waals surface area contributed by atoms with Gasteiger partial charge in [-0.15, -0.1) is 11.3 Å². The second kappa shape index (κ2) is 7.18. The van der Waals surface area contributed by atoms with Crippen LogP contribution in [0, 0.1) is 0 Å². The normalized spacial score (nSPS) is 19.1. The van der Waals surface area contributed by atoms with Gasteiger partial charge in [0.25, 0.3) is 5.72 Å². The largest absolute Gasteiger partial charge is 0.438 e. The number of aliphatic hydroxyl groups is 1. The smallest absolute Gasteiger partial charge is 0.362 e. The fourth-order valence-corrected chi connectivity index (χ4v) is 4.55. The van der Waals surface area contributed by atoms with E-state index in [2.05, 4.69) is 10.1 Å². The predicted molar refractivity (Wildman–Crippen MR) is 116 cm³/mol. The quantitative estimate of drug-likeness (QED) is 0.437. The summed E-state index contributed by atoms with van der Waals surface area (Å²) >= 11 is 1.01. The summed E-state index contributed by atoms with van der Waals surface area (Å²) in [5.74, 6) is 0. The van der Waals surface area contributed by atoms with Crippen LogP contribution < -0.4 is 5.01 Å². The van der Waals surface area contributed by atoms with Gasteiger partial charge >= 0.3 is 6.18 Å². The first-order chi connectivity index (χ1) is 14.9. The molecule has 3 aromatic carbocycles. The predicted octanol–water partition coefficient (Wildman–Crippen LogP) is 5.83. The van der Waals surface area contributed by atoms with Gasteiger partial charge in [0.2, 0.25) is 5.13 Å². The number of halogens is 3. The van der Waals surface area contributed by atoms with Crippen LogP contribution in [-0.4, -0.2) is 27.7 Å². The van der Waals surface area contributed by atoms with Crippen LogP contribution in [-0.2, 0) is 0 Å². The summed E-state index contributed by atoms with van der Waals surface area (Å²) in [5, 5.41) is 18.9. The highest BCUT2D eigenvalue weighted by molar-refractivity contribution is 7.14. The van der Waals surface area contributed by atoms with Gasteiger partial charge in [-0.2, -0.15) is 23.3 Å². The molecule has 0 saturated heterocycles. The van der Waals surface area contributed by atoms with E-state index < -0.39 is 18.3 Å². The topological polar surface area (TPSA) is 48.7 Å². The molecule has 4 aromatic rings. The molecule has 1 N–H and O–H groups in total. The van der Waals surface area contributed by atoms with E-state index in [4.69, 9.17) is 0 Å². The lowest BCUT2D eigenvalue weighted by atomic mass is 9.96. The first-order valence-electron chi connectivity index (χ1n) is 9.53. The maximum atomic E-state index is 14.0. The highest BCUT2D eigenvalue weighted by Gasteiger charge is 2.62. The second-order valence-corrected chi connectivity index (χ2v) is 8.09. The lowest BCUT2D eigenvalue weighted by Gasteiger charge is -2.32. The average molecular weight is 439 g/mol. The van der Waals surface area contributed by atoms with Crippen molar-refractivity contribution in [3.05, 3.63) is 83.7 Å². The number of thiazole rings is 1. The molecule has 0 bridgehead atoms. The molecule has 0 radical (unpaired) electrons. The van der Waals surface area contributed by atoms with Crippen LogP contribution >= 0.6 is 11.3 Å². The molecule has 1 atom stereocenters. The van der Waals surface area contributed by atoms with Gasteiger partial charge in [-0.3, -0.25) is 0 Å². The van der Waals surface area contributed by atoms with Crippen molar-refractivity contribution in [3.63, 3.8) is 0 Å². The molecule has 156 valence electrons. The third-order valence-corrected chi connectivity index (χ3v) is 6.10. The molecule has 1 aromatic heterocycles. The molecule has 0 aliphatic carbocycles. The lowest BCUT2D eigenvalue weighted by molar-refractivity contribution is -0.254. The number of alkyl halides is 3. The van der Waals surface area contributed by atoms with Gasteiger partial charge in [0.1, 0.15) is 0 Å². The zero-order valence-electron chi connectivity index (χ0n) is 16.0. The third-order valence-electron chi connectivity index (χ3n) is 5.28. The summed E-state index contributed by atoms with van der Waals surface area (Å²) in [4.78, 5) is 4.34.